The molecule has 0 atom stereocenters. The number of hydrogen-bond acceptors (Lipinski definition) is 4. The Bertz CT molecular complexity index is 1120. The van der Waals surface area contributed by atoms with Crippen LogP contribution >= 0.6 is 0 Å². The molecule has 0 unspecified atom stereocenters. The molecule has 0 bridgehead atoms. The molecular formula is C24H26N4O. The van der Waals surface area contributed by atoms with Crippen LogP contribution in [0.5, 0.6) is 5.75 Å². The highest BCUT2D eigenvalue weighted by atomic mass is 16.5. The van der Waals surface area contributed by atoms with Gasteiger partial charge in [-0.3, -0.25) is 0 Å². The van der Waals surface area contributed by atoms with E-state index in [2.05, 4.69) is 63.9 Å². The van der Waals surface area contributed by atoms with Gasteiger partial charge in [0.15, 0.2) is 0 Å². The van der Waals surface area contributed by atoms with Gasteiger partial charge in [0.05, 0.1) is 17.6 Å². The Morgan fingerprint density at radius 3 is 2.83 bits per heavy atom. The van der Waals surface area contributed by atoms with Crippen LogP contribution in [0.1, 0.15) is 18.3 Å². The minimum absolute atomic E-state index is 0.542. The summed E-state index contributed by atoms with van der Waals surface area (Å²) in [4.78, 5) is 10.1. The summed E-state index contributed by atoms with van der Waals surface area (Å²) in [7, 11) is 0. The number of ether oxygens (including phenoxy) is 1. The van der Waals surface area contributed by atoms with Crippen molar-refractivity contribution in [3.8, 4) is 16.9 Å². The fourth-order valence-corrected chi connectivity index (χ4v) is 3.72. The van der Waals surface area contributed by atoms with E-state index in [1.165, 1.54) is 0 Å². The van der Waals surface area contributed by atoms with E-state index in [0.29, 0.717) is 12.3 Å². The van der Waals surface area contributed by atoms with Gasteiger partial charge in [-0.2, -0.15) is 0 Å². The first kappa shape index (κ1) is 18.9. The van der Waals surface area contributed by atoms with E-state index in [1.54, 1.807) is 0 Å². The second kappa shape index (κ2) is 7.87. The molecule has 0 aliphatic carbocycles. The van der Waals surface area contributed by atoms with E-state index < -0.39 is 0 Å². The number of aryl methyl sites for hydroxylation is 1. The standard InChI is InChI=1S/C24H26N4O/c1-4-5-21(12-16(2)25)28-10-11-29-24-9-7-18(13-20(24)15-28)19-6-8-22-23(14-19)27-17(3)26-22/h4-9,12-14H,2,10-11,15,25H2,1,3H3,(H,26,27)/b5-4-,21-12+. The molecule has 5 nitrogen and oxygen atoms in total. The molecule has 0 spiro atoms. The van der Waals surface area contributed by atoms with Crippen LogP contribution in [0.4, 0.5) is 0 Å². The molecule has 0 saturated carbocycles. The van der Waals surface area contributed by atoms with Crippen molar-refractivity contribution >= 4 is 11.0 Å². The van der Waals surface area contributed by atoms with E-state index in [4.69, 9.17) is 10.5 Å². The average molecular weight is 386 g/mol. The number of rotatable bonds is 4. The maximum Gasteiger partial charge on any atom is 0.124 e. The number of aromatic amines is 1. The lowest BCUT2D eigenvalue weighted by molar-refractivity contribution is 0.268. The van der Waals surface area contributed by atoms with Crippen molar-refractivity contribution in [3.63, 3.8) is 0 Å². The number of hydrogen-bond donors (Lipinski definition) is 2. The average Bonchev–Trinajstić information content (AvgIpc) is 2.92. The third-order valence-electron chi connectivity index (χ3n) is 5.01. The van der Waals surface area contributed by atoms with Crippen molar-refractivity contribution in [1.29, 1.82) is 0 Å². The molecule has 0 fully saturated rings. The molecule has 5 heteroatoms. The first-order valence-electron chi connectivity index (χ1n) is 9.79. The Balaban J connectivity index is 1.69. The Labute approximate surface area is 171 Å². The van der Waals surface area contributed by atoms with Gasteiger partial charge in [0.25, 0.3) is 0 Å². The Morgan fingerprint density at radius 1 is 1.24 bits per heavy atom. The van der Waals surface area contributed by atoms with Gasteiger partial charge in [-0.25, -0.2) is 4.98 Å². The summed E-state index contributed by atoms with van der Waals surface area (Å²) in [5, 5.41) is 0. The molecule has 1 aliphatic heterocycles. The number of aromatic nitrogens is 2. The van der Waals surface area contributed by atoms with Crippen molar-refractivity contribution in [2.24, 2.45) is 5.73 Å². The predicted octanol–water partition coefficient (Wildman–Crippen LogP) is 4.67. The molecule has 4 rings (SSSR count). The van der Waals surface area contributed by atoms with Crippen molar-refractivity contribution < 1.29 is 4.74 Å². The second-order valence-electron chi connectivity index (χ2n) is 7.29. The zero-order valence-electron chi connectivity index (χ0n) is 16.9. The highest BCUT2D eigenvalue weighted by molar-refractivity contribution is 5.82. The molecule has 0 radical (unpaired) electrons. The fourth-order valence-electron chi connectivity index (χ4n) is 3.72. The van der Waals surface area contributed by atoms with Crippen molar-refractivity contribution in [2.45, 2.75) is 20.4 Å². The summed E-state index contributed by atoms with van der Waals surface area (Å²) >= 11 is 0. The van der Waals surface area contributed by atoms with E-state index in [0.717, 1.165) is 58.1 Å². The molecule has 148 valence electrons. The number of fused-ring (bicyclic) bond motifs is 2. The Hall–Kier alpha value is -3.47. The van der Waals surface area contributed by atoms with Gasteiger partial charge >= 0.3 is 0 Å². The number of nitrogens with two attached hydrogens (primary N) is 1. The van der Waals surface area contributed by atoms with E-state index >= 15 is 0 Å². The topological polar surface area (TPSA) is 67.2 Å². The predicted molar refractivity (Wildman–Crippen MR) is 118 cm³/mol. The lowest BCUT2D eigenvalue weighted by Gasteiger charge is -2.23. The van der Waals surface area contributed by atoms with Crippen LogP contribution in [0.15, 0.2) is 72.6 Å². The van der Waals surface area contributed by atoms with Crippen LogP contribution in [-0.2, 0) is 6.54 Å². The number of benzene rings is 2. The summed E-state index contributed by atoms with van der Waals surface area (Å²) in [5.41, 5.74) is 12.9. The third kappa shape index (κ3) is 4.04. The molecule has 0 amide bonds. The monoisotopic (exact) mass is 386 g/mol. The highest BCUT2D eigenvalue weighted by Gasteiger charge is 2.17. The molecular weight excluding hydrogens is 360 g/mol. The van der Waals surface area contributed by atoms with Crippen molar-refractivity contribution in [3.05, 3.63) is 84.0 Å². The molecule has 1 aromatic heterocycles. The SMILES string of the molecule is C=C(N)/C=C(\C=C/C)N1CCOc2ccc(-c3ccc4nc(C)[nH]c4c3)cc2C1. The van der Waals surface area contributed by atoms with Crippen LogP contribution in [-0.4, -0.2) is 28.0 Å². The van der Waals surface area contributed by atoms with Gasteiger partial charge in [-0.15, -0.1) is 0 Å². The second-order valence-corrected chi connectivity index (χ2v) is 7.29. The molecule has 3 N–H and O–H groups in total. The summed E-state index contributed by atoms with van der Waals surface area (Å²) in [6.45, 7) is 9.95. The van der Waals surface area contributed by atoms with Crippen molar-refractivity contribution in [2.75, 3.05) is 13.2 Å². The quantitative estimate of drug-likeness (QED) is 0.640. The van der Waals surface area contributed by atoms with Gasteiger partial charge in [0, 0.05) is 23.5 Å². The summed E-state index contributed by atoms with van der Waals surface area (Å²) in [5.74, 6) is 1.86. The van der Waals surface area contributed by atoms with Crippen LogP contribution in [0.3, 0.4) is 0 Å². The first-order chi connectivity index (χ1) is 14.0. The smallest absolute Gasteiger partial charge is 0.124 e. The third-order valence-corrected chi connectivity index (χ3v) is 5.01. The van der Waals surface area contributed by atoms with Gasteiger partial charge in [-0.1, -0.05) is 24.8 Å². The Morgan fingerprint density at radius 2 is 2.03 bits per heavy atom. The first-order valence-corrected chi connectivity index (χ1v) is 9.79. The van der Waals surface area contributed by atoms with Gasteiger partial charge in [0.1, 0.15) is 18.2 Å². The molecule has 2 heterocycles. The number of nitrogens with zero attached hydrogens (tertiary/aromatic N) is 2. The number of allylic oxidation sites excluding steroid dienone is 3. The summed E-state index contributed by atoms with van der Waals surface area (Å²) in [6.07, 6.45) is 5.98. The molecule has 3 aromatic rings. The lowest BCUT2D eigenvalue weighted by atomic mass is 10.0. The minimum atomic E-state index is 0.542. The fraction of sp³-hybridized carbons (Fsp3) is 0.208. The lowest BCUT2D eigenvalue weighted by Crippen LogP contribution is -2.24. The molecule has 2 aromatic carbocycles. The maximum absolute atomic E-state index is 6.01. The highest BCUT2D eigenvalue weighted by Crippen LogP contribution is 2.31. The minimum Gasteiger partial charge on any atom is -0.491 e. The van der Waals surface area contributed by atoms with Crippen LogP contribution in [0.25, 0.3) is 22.2 Å². The number of nitrogens with one attached hydrogen (secondary N) is 1. The molecule has 29 heavy (non-hydrogen) atoms. The van der Waals surface area contributed by atoms with E-state index in [9.17, 15) is 0 Å². The van der Waals surface area contributed by atoms with E-state index in [-0.39, 0.29) is 0 Å². The summed E-state index contributed by atoms with van der Waals surface area (Å²) < 4.78 is 6.01. The van der Waals surface area contributed by atoms with Crippen LogP contribution in [0, 0.1) is 6.92 Å². The zero-order valence-corrected chi connectivity index (χ0v) is 16.9. The zero-order chi connectivity index (χ0) is 20.4. The summed E-state index contributed by atoms with van der Waals surface area (Å²) in [6, 6.07) is 12.7. The molecule has 1 aliphatic rings. The van der Waals surface area contributed by atoms with Crippen LogP contribution < -0.4 is 10.5 Å². The molecule has 0 saturated heterocycles. The number of H-pyrrole nitrogens is 1. The van der Waals surface area contributed by atoms with E-state index in [1.807, 2.05) is 26.0 Å². The van der Waals surface area contributed by atoms with Gasteiger partial charge < -0.3 is 20.4 Å². The van der Waals surface area contributed by atoms with Crippen LogP contribution in [0.2, 0.25) is 0 Å². The maximum atomic E-state index is 6.01. The largest absolute Gasteiger partial charge is 0.491 e. The normalized spacial score (nSPS) is 14.7. The number of imidazole rings is 1. The Kier molecular flexibility index (Phi) is 5.12. The van der Waals surface area contributed by atoms with Crippen molar-refractivity contribution in [1.82, 2.24) is 14.9 Å². The van der Waals surface area contributed by atoms with Gasteiger partial charge in [-0.05, 0) is 61.4 Å². The van der Waals surface area contributed by atoms with Gasteiger partial charge in [0.2, 0.25) is 0 Å².